The Bertz CT molecular complexity index is 396. The van der Waals surface area contributed by atoms with Crippen molar-refractivity contribution in [3.05, 3.63) is 0 Å². The largest absolute Gasteiger partial charge is 0.481 e. The molecule has 0 spiro atoms. The Hall–Kier alpha value is -1.59. The van der Waals surface area contributed by atoms with Crippen LogP contribution in [0.1, 0.15) is 32.1 Å². The second-order valence-corrected chi connectivity index (χ2v) is 5.58. The van der Waals surface area contributed by atoms with Crippen molar-refractivity contribution in [1.29, 1.82) is 0 Å². The van der Waals surface area contributed by atoms with Crippen LogP contribution in [-0.4, -0.2) is 47.4 Å². The van der Waals surface area contributed by atoms with E-state index in [2.05, 4.69) is 5.32 Å². The summed E-state index contributed by atoms with van der Waals surface area (Å²) in [7, 11) is 1.69. The summed E-state index contributed by atoms with van der Waals surface area (Å²) in [5.41, 5.74) is 0. The molecule has 2 amide bonds. The minimum atomic E-state index is -0.783. The molecule has 0 aromatic carbocycles. The highest BCUT2D eigenvalue weighted by Gasteiger charge is 2.34. The molecule has 19 heavy (non-hydrogen) atoms. The highest BCUT2D eigenvalue weighted by atomic mass is 16.4. The topological polar surface area (TPSA) is 86.7 Å². The summed E-state index contributed by atoms with van der Waals surface area (Å²) >= 11 is 0. The van der Waals surface area contributed by atoms with Crippen LogP contribution >= 0.6 is 0 Å². The Morgan fingerprint density at radius 3 is 2.63 bits per heavy atom. The van der Waals surface area contributed by atoms with E-state index in [-0.39, 0.29) is 36.1 Å². The molecule has 0 bridgehead atoms. The molecule has 3 atom stereocenters. The third-order valence-corrected chi connectivity index (χ3v) is 4.08. The van der Waals surface area contributed by atoms with Crippen LogP contribution in [0, 0.1) is 11.8 Å². The molecule has 1 saturated carbocycles. The van der Waals surface area contributed by atoms with Crippen LogP contribution in [0.3, 0.4) is 0 Å². The van der Waals surface area contributed by atoms with Crippen molar-refractivity contribution in [2.75, 3.05) is 13.6 Å². The number of carbonyl (C=O) groups excluding carboxylic acids is 2. The predicted molar refractivity (Wildman–Crippen MR) is 67.3 cm³/mol. The number of carboxylic acids is 1. The van der Waals surface area contributed by atoms with Gasteiger partial charge in [-0.05, 0) is 19.3 Å². The standard InChI is InChI=1S/C13H20N2O4/c1-15-7-9(6-11(15)16)12(17)14-10-4-2-3-8(5-10)13(18)19/h8-10H,2-7H2,1H3,(H,14,17)(H,18,19). The zero-order valence-corrected chi connectivity index (χ0v) is 11.1. The van der Waals surface area contributed by atoms with Gasteiger partial charge in [-0.25, -0.2) is 0 Å². The third-order valence-electron chi connectivity index (χ3n) is 4.08. The van der Waals surface area contributed by atoms with Crippen molar-refractivity contribution in [3.63, 3.8) is 0 Å². The maximum Gasteiger partial charge on any atom is 0.306 e. The van der Waals surface area contributed by atoms with Gasteiger partial charge >= 0.3 is 5.97 Å². The first-order valence-corrected chi connectivity index (χ1v) is 6.74. The Morgan fingerprint density at radius 2 is 2.05 bits per heavy atom. The fraction of sp³-hybridized carbons (Fsp3) is 0.769. The number of aliphatic carboxylic acids is 1. The molecular formula is C13H20N2O4. The second kappa shape index (κ2) is 5.59. The SMILES string of the molecule is CN1CC(C(=O)NC2CCCC(C(=O)O)C2)CC1=O. The molecule has 2 rings (SSSR count). The Morgan fingerprint density at radius 1 is 1.32 bits per heavy atom. The van der Waals surface area contributed by atoms with Crippen molar-refractivity contribution >= 4 is 17.8 Å². The number of hydrogen-bond donors (Lipinski definition) is 2. The van der Waals surface area contributed by atoms with Crippen molar-refractivity contribution in [2.24, 2.45) is 11.8 Å². The molecule has 106 valence electrons. The van der Waals surface area contributed by atoms with E-state index < -0.39 is 5.97 Å². The average molecular weight is 268 g/mol. The summed E-state index contributed by atoms with van der Waals surface area (Å²) in [4.78, 5) is 36.0. The van der Waals surface area contributed by atoms with Gasteiger partial charge in [-0.3, -0.25) is 14.4 Å². The van der Waals surface area contributed by atoms with Gasteiger partial charge in [0.05, 0.1) is 11.8 Å². The molecule has 2 N–H and O–H groups in total. The van der Waals surface area contributed by atoms with Gasteiger partial charge in [-0.15, -0.1) is 0 Å². The molecule has 6 heteroatoms. The molecule has 1 heterocycles. The molecule has 2 fully saturated rings. The number of rotatable bonds is 3. The molecule has 1 aliphatic heterocycles. The van der Waals surface area contributed by atoms with Crippen LogP contribution in [0.5, 0.6) is 0 Å². The zero-order valence-electron chi connectivity index (χ0n) is 11.1. The van der Waals surface area contributed by atoms with Gasteiger partial charge in [-0.2, -0.15) is 0 Å². The lowest BCUT2D eigenvalue weighted by atomic mass is 9.85. The molecule has 1 aliphatic carbocycles. The van der Waals surface area contributed by atoms with Crippen LogP contribution < -0.4 is 5.32 Å². The fourth-order valence-electron chi connectivity index (χ4n) is 2.90. The van der Waals surface area contributed by atoms with Gasteiger partial charge in [0.1, 0.15) is 0 Å². The van der Waals surface area contributed by atoms with E-state index in [1.807, 2.05) is 0 Å². The number of carbonyl (C=O) groups is 3. The zero-order chi connectivity index (χ0) is 14.0. The number of likely N-dealkylation sites (tertiary alicyclic amines) is 1. The monoisotopic (exact) mass is 268 g/mol. The second-order valence-electron chi connectivity index (χ2n) is 5.58. The molecule has 1 saturated heterocycles. The van der Waals surface area contributed by atoms with E-state index >= 15 is 0 Å². The van der Waals surface area contributed by atoms with Gasteiger partial charge < -0.3 is 15.3 Å². The van der Waals surface area contributed by atoms with E-state index in [9.17, 15) is 14.4 Å². The molecular weight excluding hydrogens is 248 g/mol. The molecule has 3 unspecified atom stereocenters. The van der Waals surface area contributed by atoms with E-state index in [0.29, 0.717) is 19.4 Å². The van der Waals surface area contributed by atoms with E-state index in [1.54, 1.807) is 11.9 Å². The number of nitrogens with one attached hydrogen (secondary N) is 1. The summed E-state index contributed by atoms with van der Waals surface area (Å²) < 4.78 is 0. The first kappa shape index (κ1) is 13.8. The average Bonchev–Trinajstić information content (AvgIpc) is 2.70. The summed E-state index contributed by atoms with van der Waals surface area (Å²) in [6.45, 7) is 0.458. The van der Waals surface area contributed by atoms with Crippen molar-refractivity contribution in [1.82, 2.24) is 10.2 Å². The number of carboxylic acid groups (broad SMARTS) is 1. The fourth-order valence-corrected chi connectivity index (χ4v) is 2.90. The normalized spacial score (nSPS) is 31.3. The lowest BCUT2D eigenvalue weighted by Gasteiger charge is -2.28. The van der Waals surface area contributed by atoms with Crippen LogP contribution in [0.4, 0.5) is 0 Å². The molecule has 6 nitrogen and oxygen atoms in total. The minimum absolute atomic E-state index is 0.00722. The highest BCUT2D eigenvalue weighted by molar-refractivity contribution is 5.89. The first-order chi connectivity index (χ1) is 8.97. The van der Waals surface area contributed by atoms with Gasteiger partial charge in [0.2, 0.25) is 11.8 Å². The maximum absolute atomic E-state index is 12.0. The summed E-state index contributed by atoms with van der Waals surface area (Å²) in [6, 6.07) is -0.0663. The molecule has 2 aliphatic rings. The van der Waals surface area contributed by atoms with E-state index in [0.717, 1.165) is 12.8 Å². The Balaban J connectivity index is 1.85. The van der Waals surface area contributed by atoms with Crippen LogP contribution in [0.15, 0.2) is 0 Å². The van der Waals surface area contributed by atoms with Gasteiger partial charge in [0.25, 0.3) is 0 Å². The highest BCUT2D eigenvalue weighted by Crippen LogP contribution is 2.25. The van der Waals surface area contributed by atoms with Gasteiger partial charge in [0.15, 0.2) is 0 Å². The Kier molecular flexibility index (Phi) is 4.07. The molecule has 0 aromatic heterocycles. The number of hydrogen-bond acceptors (Lipinski definition) is 3. The molecule has 0 aromatic rings. The van der Waals surface area contributed by atoms with Gasteiger partial charge in [0, 0.05) is 26.1 Å². The predicted octanol–water partition coefficient (Wildman–Crippen LogP) is 0.224. The smallest absolute Gasteiger partial charge is 0.306 e. The minimum Gasteiger partial charge on any atom is -0.481 e. The first-order valence-electron chi connectivity index (χ1n) is 6.74. The maximum atomic E-state index is 12.0. The third kappa shape index (κ3) is 3.24. The van der Waals surface area contributed by atoms with Crippen molar-refractivity contribution in [3.8, 4) is 0 Å². The van der Waals surface area contributed by atoms with Crippen molar-refractivity contribution < 1.29 is 19.5 Å². The molecule has 0 radical (unpaired) electrons. The number of amides is 2. The van der Waals surface area contributed by atoms with Crippen LogP contribution in [0.25, 0.3) is 0 Å². The van der Waals surface area contributed by atoms with E-state index in [4.69, 9.17) is 5.11 Å². The van der Waals surface area contributed by atoms with E-state index in [1.165, 1.54) is 0 Å². The van der Waals surface area contributed by atoms with Gasteiger partial charge in [-0.1, -0.05) is 6.42 Å². The summed E-state index contributed by atoms with van der Waals surface area (Å²) in [5, 5.41) is 11.9. The van der Waals surface area contributed by atoms with Crippen LogP contribution in [0.2, 0.25) is 0 Å². The quantitative estimate of drug-likeness (QED) is 0.767. The summed E-state index contributed by atoms with van der Waals surface area (Å²) in [6.07, 6.45) is 3.10. The Labute approximate surface area is 112 Å². The number of nitrogens with zero attached hydrogens (tertiary/aromatic N) is 1. The van der Waals surface area contributed by atoms with Crippen molar-refractivity contribution in [2.45, 2.75) is 38.1 Å². The summed E-state index contributed by atoms with van der Waals surface area (Å²) in [5.74, 6) is -1.55. The lowest BCUT2D eigenvalue weighted by molar-refractivity contribution is -0.143. The van der Waals surface area contributed by atoms with Crippen LogP contribution in [-0.2, 0) is 14.4 Å². The lowest BCUT2D eigenvalue weighted by Crippen LogP contribution is -2.43.